The first kappa shape index (κ1) is 23.9. The van der Waals surface area contributed by atoms with Crippen LogP contribution < -0.4 is 20.3 Å². The third kappa shape index (κ3) is 4.52. The maximum Gasteiger partial charge on any atom is 0.239 e. The summed E-state index contributed by atoms with van der Waals surface area (Å²) in [6.07, 6.45) is 7.22. The van der Waals surface area contributed by atoms with Crippen LogP contribution in [-0.4, -0.2) is 46.9 Å². The minimum absolute atomic E-state index is 0.0167. The molecule has 3 aromatic heterocycles. The highest BCUT2D eigenvalue weighted by Gasteiger charge is 2.37. The number of nitrogens with zero attached hydrogens (tertiary/aromatic N) is 4. The van der Waals surface area contributed by atoms with Crippen LogP contribution in [0.4, 0.5) is 15.8 Å². The normalized spacial score (nSPS) is 17.1. The summed E-state index contributed by atoms with van der Waals surface area (Å²) in [5.41, 5.74) is 2.64. The molecule has 0 saturated carbocycles. The van der Waals surface area contributed by atoms with Crippen molar-refractivity contribution in [3.05, 3.63) is 77.9 Å². The number of anilines is 2. The Morgan fingerprint density at radius 2 is 2.11 bits per heavy atom. The summed E-state index contributed by atoms with van der Waals surface area (Å²) in [7, 11) is 1.98. The van der Waals surface area contributed by atoms with Crippen molar-refractivity contribution in [1.82, 2.24) is 20.2 Å². The molecule has 6 rings (SSSR count). The van der Waals surface area contributed by atoms with Gasteiger partial charge < -0.3 is 25.2 Å². The minimum Gasteiger partial charge on any atom is -0.453 e. The lowest BCUT2D eigenvalue weighted by atomic mass is 10.1. The summed E-state index contributed by atoms with van der Waals surface area (Å²) in [5, 5.41) is 5.99. The smallest absolute Gasteiger partial charge is 0.239 e. The Kier molecular flexibility index (Phi) is 6.12. The van der Waals surface area contributed by atoms with E-state index in [4.69, 9.17) is 4.74 Å². The molecule has 1 fully saturated rings. The van der Waals surface area contributed by atoms with Crippen LogP contribution in [0.5, 0.6) is 11.5 Å². The molecule has 1 atom stereocenters. The number of halogens is 1. The van der Waals surface area contributed by atoms with E-state index in [0.717, 1.165) is 27.5 Å². The van der Waals surface area contributed by atoms with Crippen molar-refractivity contribution in [1.29, 1.82) is 0 Å². The Balaban J connectivity index is 1.16. The van der Waals surface area contributed by atoms with Gasteiger partial charge in [0.15, 0.2) is 11.6 Å². The first-order valence-corrected chi connectivity index (χ1v) is 12.8. The Morgan fingerprint density at radius 3 is 2.87 bits per heavy atom. The molecule has 1 saturated heterocycles. The monoisotopic (exact) mass is 530 g/mol. The zero-order valence-electron chi connectivity index (χ0n) is 20.3. The molecule has 4 aromatic rings. The van der Waals surface area contributed by atoms with E-state index in [2.05, 4.69) is 20.6 Å². The predicted octanol–water partition coefficient (Wildman–Crippen LogP) is 4.41. The quantitative estimate of drug-likeness (QED) is 0.357. The van der Waals surface area contributed by atoms with Gasteiger partial charge in [-0.05, 0) is 36.8 Å². The molecule has 9 nitrogen and oxygen atoms in total. The number of carbonyl (C=O) groups excluding carboxylic acids is 2. The number of hydrogen-bond donors (Lipinski definition) is 2. The second-order valence-corrected chi connectivity index (χ2v) is 10.1. The van der Waals surface area contributed by atoms with Crippen molar-refractivity contribution in [3.8, 4) is 11.5 Å². The molecule has 1 unspecified atom stereocenters. The molecule has 5 heterocycles. The fourth-order valence-electron chi connectivity index (χ4n) is 4.50. The number of ether oxygens (including phenoxy) is 1. The highest BCUT2D eigenvalue weighted by molar-refractivity contribution is 7.20. The highest BCUT2D eigenvalue weighted by Crippen LogP contribution is 2.38. The predicted molar refractivity (Wildman–Crippen MR) is 143 cm³/mol. The third-order valence-electron chi connectivity index (χ3n) is 6.41. The molecule has 2 N–H and O–H groups in total. The summed E-state index contributed by atoms with van der Waals surface area (Å²) in [6, 6.07) is 11.4. The number of benzene rings is 1. The van der Waals surface area contributed by atoms with E-state index in [-0.39, 0.29) is 17.3 Å². The molecule has 1 aromatic carbocycles. The van der Waals surface area contributed by atoms with E-state index in [0.29, 0.717) is 24.4 Å². The number of rotatable bonds is 6. The molecule has 0 aliphatic carbocycles. The van der Waals surface area contributed by atoms with E-state index in [1.54, 1.807) is 42.9 Å². The molecule has 0 spiro atoms. The first-order valence-electron chi connectivity index (χ1n) is 12.0. The van der Waals surface area contributed by atoms with Crippen LogP contribution in [0.15, 0.2) is 67.3 Å². The lowest BCUT2D eigenvalue weighted by Crippen LogP contribution is -2.33. The van der Waals surface area contributed by atoms with Crippen LogP contribution in [0.2, 0.25) is 0 Å². The number of carbonyl (C=O) groups is 2. The second-order valence-electron chi connectivity index (χ2n) is 9.05. The Bertz CT molecular complexity index is 1570. The van der Waals surface area contributed by atoms with Gasteiger partial charge in [0.1, 0.15) is 11.7 Å². The van der Waals surface area contributed by atoms with E-state index in [1.165, 1.54) is 28.4 Å². The Hall–Kier alpha value is -4.51. The van der Waals surface area contributed by atoms with Gasteiger partial charge in [-0.25, -0.2) is 4.39 Å². The maximum absolute atomic E-state index is 15.0. The average Bonchev–Trinajstić information content (AvgIpc) is 3.64. The van der Waals surface area contributed by atoms with E-state index in [1.807, 2.05) is 24.2 Å². The van der Waals surface area contributed by atoms with Crippen LogP contribution >= 0.6 is 11.3 Å². The molecule has 192 valence electrons. The number of aromatic nitrogens is 2. The molecule has 2 amide bonds. The van der Waals surface area contributed by atoms with Crippen LogP contribution in [0.1, 0.15) is 11.3 Å². The van der Waals surface area contributed by atoms with Crippen molar-refractivity contribution >= 4 is 50.4 Å². The third-order valence-corrected chi connectivity index (χ3v) is 7.58. The van der Waals surface area contributed by atoms with E-state index >= 15 is 4.39 Å². The van der Waals surface area contributed by atoms with Crippen LogP contribution in [-0.2, 0) is 9.59 Å². The van der Waals surface area contributed by atoms with Gasteiger partial charge in [-0.3, -0.25) is 19.6 Å². The summed E-state index contributed by atoms with van der Waals surface area (Å²) >= 11 is 1.51. The number of hydrogen-bond acceptors (Lipinski definition) is 8. The molecule has 2 aliphatic rings. The zero-order chi connectivity index (χ0) is 26.2. The number of nitrogens with one attached hydrogen (secondary N) is 2. The van der Waals surface area contributed by atoms with Gasteiger partial charge >= 0.3 is 0 Å². The number of thiophene rings is 1. The standard InChI is InChI=1S/C27H23FN6O3S/c1-33-14-21(31-15-33)24-12-20-25(38-24)23(6-9-30-20)37-22-5-4-16(11-19(22)28)32-26(35)18-7-10-34(27(18)36)17-3-2-8-29-13-17/h2-6,8-9,11-14,18,31H,7,10,15H2,1H3,(H,32,35). The summed E-state index contributed by atoms with van der Waals surface area (Å²) in [5.74, 6) is -1.76. The summed E-state index contributed by atoms with van der Waals surface area (Å²) in [6.45, 7) is 1.14. The Labute approximate surface area is 221 Å². The van der Waals surface area contributed by atoms with Crippen molar-refractivity contribution in [2.45, 2.75) is 6.42 Å². The summed E-state index contributed by atoms with van der Waals surface area (Å²) in [4.78, 5) is 38.7. The highest BCUT2D eigenvalue weighted by atomic mass is 32.1. The Morgan fingerprint density at radius 1 is 1.21 bits per heavy atom. The van der Waals surface area contributed by atoms with Gasteiger partial charge in [0, 0.05) is 50.0 Å². The fourth-order valence-corrected chi connectivity index (χ4v) is 5.55. The topological polar surface area (TPSA) is 99.7 Å². The average molecular weight is 531 g/mol. The van der Waals surface area contributed by atoms with Crippen LogP contribution in [0.3, 0.4) is 0 Å². The molecular formula is C27H23FN6O3S. The van der Waals surface area contributed by atoms with Crippen molar-refractivity contribution < 1.29 is 18.7 Å². The van der Waals surface area contributed by atoms with Crippen molar-refractivity contribution in [3.63, 3.8) is 0 Å². The zero-order valence-corrected chi connectivity index (χ0v) is 21.2. The van der Waals surface area contributed by atoms with Gasteiger partial charge in [-0.1, -0.05) is 0 Å². The van der Waals surface area contributed by atoms with Gasteiger partial charge in [-0.2, -0.15) is 0 Å². The lowest BCUT2D eigenvalue weighted by Gasteiger charge is -2.16. The molecule has 2 aliphatic heterocycles. The molecule has 38 heavy (non-hydrogen) atoms. The first-order chi connectivity index (χ1) is 18.5. The summed E-state index contributed by atoms with van der Waals surface area (Å²) < 4.78 is 21.7. The van der Waals surface area contributed by atoms with Crippen LogP contribution in [0.25, 0.3) is 15.9 Å². The number of fused-ring (bicyclic) bond motifs is 1. The number of pyridine rings is 2. The van der Waals surface area contributed by atoms with Gasteiger partial charge in [0.25, 0.3) is 0 Å². The molecular weight excluding hydrogens is 507 g/mol. The SMILES string of the molecule is CN1C=C(c2cc3nccc(Oc4ccc(NC(=O)C5CCN(c6cccnc6)C5=O)cc4F)c3s2)NC1. The minimum atomic E-state index is -0.850. The van der Waals surface area contributed by atoms with Gasteiger partial charge in [0.05, 0.1) is 39.3 Å². The van der Waals surface area contributed by atoms with Crippen LogP contribution in [0, 0.1) is 11.7 Å². The van der Waals surface area contributed by atoms with Crippen molar-refractivity contribution in [2.24, 2.45) is 5.92 Å². The second kappa shape index (κ2) is 9.75. The van der Waals surface area contributed by atoms with Gasteiger partial charge in [0.2, 0.25) is 11.8 Å². The molecule has 0 radical (unpaired) electrons. The van der Waals surface area contributed by atoms with E-state index in [9.17, 15) is 9.59 Å². The fraction of sp³-hybridized carbons (Fsp3) is 0.185. The van der Waals surface area contributed by atoms with E-state index < -0.39 is 17.6 Å². The number of amides is 2. The van der Waals surface area contributed by atoms with Gasteiger partial charge in [-0.15, -0.1) is 11.3 Å². The molecule has 0 bridgehead atoms. The largest absolute Gasteiger partial charge is 0.453 e. The van der Waals surface area contributed by atoms with Crippen molar-refractivity contribution in [2.75, 3.05) is 30.5 Å². The lowest BCUT2D eigenvalue weighted by molar-refractivity contribution is -0.129. The maximum atomic E-state index is 15.0. The molecule has 11 heteroatoms.